The Kier molecular flexibility index (Phi) is 2.96. The molecular weight excluding hydrogens is 268 g/mol. The van der Waals surface area contributed by atoms with Crippen LogP contribution in [0.25, 0.3) is 0 Å². The van der Waals surface area contributed by atoms with Crippen molar-refractivity contribution >= 4 is 39.0 Å². The third-order valence-corrected chi connectivity index (χ3v) is 2.98. The fourth-order valence-corrected chi connectivity index (χ4v) is 2.16. The number of amidine groups is 2. The largest absolute Gasteiger partial charge is 0.383 e. The SMILES string of the molecule is CC(=N)N1C(=N)CCNc2cc(Br)ccc21. The Hall–Kier alpha value is -1.36. The van der Waals surface area contributed by atoms with E-state index in [2.05, 4.69) is 21.2 Å². The highest BCUT2D eigenvalue weighted by Crippen LogP contribution is 2.31. The molecule has 0 amide bonds. The maximum Gasteiger partial charge on any atom is 0.108 e. The van der Waals surface area contributed by atoms with Crippen molar-refractivity contribution < 1.29 is 0 Å². The number of hydrogen-bond acceptors (Lipinski definition) is 3. The molecular formula is C11H13BrN4. The fourth-order valence-electron chi connectivity index (χ4n) is 1.80. The quantitative estimate of drug-likeness (QED) is 0.505. The van der Waals surface area contributed by atoms with Gasteiger partial charge in [-0.1, -0.05) is 15.9 Å². The van der Waals surface area contributed by atoms with Gasteiger partial charge >= 0.3 is 0 Å². The van der Waals surface area contributed by atoms with E-state index in [0.29, 0.717) is 18.1 Å². The normalized spacial score (nSPS) is 15.1. The Labute approximate surface area is 103 Å². The van der Waals surface area contributed by atoms with E-state index in [9.17, 15) is 0 Å². The molecule has 0 aromatic heterocycles. The molecule has 0 bridgehead atoms. The molecule has 0 radical (unpaired) electrons. The maximum absolute atomic E-state index is 7.93. The monoisotopic (exact) mass is 280 g/mol. The van der Waals surface area contributed by atoms with Gasteiger partial charge in [-0.3, -0.25) is 15.7 Å². The van der Waals surface area contributed by atoms with Crippen molar-refractivity contribution in [3.63, 3.8) is 0 Å². The first kappa shape index (κ1) is 11.1. The summed E-state index contributed by atoms with van der Waals surface area (Å²) >= 11 is 3.42. The van der Waals surface area contributed by atoms with Crippen molar-refractivity contribution in [1.29, 1.82) is 10.8 Å². The van der Waals surface area contributed by atoms with Crippen molar-refractivity contribution in [2.24, 2.45) is 0 Å². The lowest BCUT2D eigenvalue weighted by Gasteiger charge is -2.23. The lowest BCUT2D eigenvalue weighted by molar-refractivity contribution is 1.09. The molecule has 0 saturated heterocycles. The Morgan fingerprint density at radius 2 is 2.25 bits per heavy atom. The van der Waals surface area contributed by atoms with Crippen LogP contribution in [0.1, 0.15) is 13.3 Å². The van der Waals surface area contributed by atoms with Crippen LogP contribution < -0.4 is 10.2 Å². The summed E-state index contributed by atoms with van der Waals surface area (Å²) in [5.74, 6) is 0.832. The van der Waals surface area contributed by atoms with Gasteiger partial charge < -0.3 is 5.32 Å². The zero-order valence-electron chi connectivity index (χ0n) is 8.97. The molecule has 0 saturated carbocycles. The van der Waals surface area contributed by atoms with Crippen LogP contribution in [-0.4, -0.2) is 18.2 Å². The highest BCUT2D eigenvalue weighted by Gasteiger charge is 2.20. The number of nitrogens with zero attached hydrogens (tertiary/aromatic N) is 1. The summed E-state index contributed by atoms with van der Waals surface area (Å²) in [5, 5.41) is 19.0. The number of fused-ring (bicyclic) bond motifs is 1. The maximum atomic E-state index is 7.93. The van der Waals surface area contributed by atoms with Gasteiger partial charge in [-0.15, -0.1) is 0 Å². The number of hydrogen-bond donors (Lipinski definition) is 3. The van der Waals surface area contributed by atoms with Gasteiger partial charge in [0.2, 0.25) is 0 Å². The molecule has 1 aliphatic heterocycles. The van der Waals surface area contributed by atoms with Gasteiger partial charge in [0.25, 0.3) is 0 Å². The highest BCUT2D eigenvalue weighted by atomic mass is 79.9. The molecule has 1 heterocycles. The molecule has 1 aromatic rings. The van der Waals surface area contributed by atoms with E-state index in [1.807, 2.05) is 18.2 Å². The first-order valence-corrected chi connectivity index (χ1v) is 5.85. The van der Waals surface area contributed by atoms with Crippen LogP contribution >= 0.6 is 15.9 Å². The zero-order valence-corrected chi connectivity index (χ0v) is 10.6. The summed E-state index contributed by atoms with van der Waals surface area (Å²) in [4.78, 5) is 1.67. The van der Waals surface area contributed by atoms with Crippen LogP contribution in [0.4, 0.5) is 11.4 Å². The van der Waals surface area contributed by atoms with E-state index in [4.69, 9.17) is 10.8 Å². The Morgan fingerprint density at radius 1 is 1.50 bits per heavy atom. The average Bonchev–Trinajstić information content (AvgIpc) is 2.35. The van der Waals surface area contributed by atoms with Crippen LogP contribution in [-0.2, 0) is 0 Å². The lowest BCUT2D eigenvalue weighted by Crippen LogP contribution is -2.33. The molecule has 1 aromatic carbocycles. The second-order valence-electron chi connectivity index (χ2n) is 3.71. The van der Waals surface area contributed by atoms with Crippen LogP contribution in [0.5, 0.6) is 0 Å². The molecule has 0 fully saturated rings. The first-order chi connectivity index (χ1) is 7.59. The Bertz CT molecular complexity index is 455. The van der Waals surface area contributed by atoms with Gasteiger partial charge in [0.1, 0.15) is 11.7 Å². The molecule has 5 heteroatoms. The molecule has 0 aliphatic carbocycles. The third kappa shape index (κ3) is 1.95. The molecule has 0 unspecified atom stereocenters. The zero-order chi connectivity index (χ0) is 11.7. The second-order valence-corrected chi connectivity index (χ2v) is 4.62. The average molecular weight is 281 g/mol. The molecule has 1 aliphatic rings. The van der Waals surface area contributed by atoms with Gasteiger partial charge in [0.15, 0.2) is 0 Å². The van der Waals surface area contributed by atoms with Gasteiger partial charge in [0, 0.05) is 17.4 Å². The minimum absolute atomic E-state index is 0.372. The van der Waals surface area contributed by atoms with Crippen LogP contribution in [0.2, 0.25) is 0 Å². The summed E-state index contributed by atoms with van der Waals surface area (Å²) in [7, 11) is 0. The summed E-state index contributed by atoms with van der Waals surface area (Å²) < 4.78 is 0.995. The summed E-state index contributed by atoms with van der Waals surface area (Å²) in [5.41, 5.74) is 1.83. The standard InChI is InChI=1S/C11H13BrN4/c1-7(13)16-10-3-2-8(12)6-9(10)15-5-4-11(16)14/h2-3,6,13-15H,4-5H2,1H3. The molecule has 3 N–H and O–H groups in total. The number of halogens is 1. The smallest absolute Gasteiger partial charge is 0.108 e. The van der Waals surface area contributed by atoms with Crippen LogP contribution in [0.15, 0.2) is 22.7 Å². The number of rotatable bonds is 0. The topological polar surface area (TPSA) is 63.0 Å². The van der Waals surface area contributed by atoms with Crippen molar-refractivity contribution in [3.05, 3.63) is 22.7 Å². The number of nitrogens with one attached hydrogen (secondary N) is 3. The lowest BCUT2D eigenvalue weighted by atomic mass is 10.2. The third-order valence-electron chi connectivity index (χ3n) is 2.48. The Morgan fingerprint density at radius 3 is 2.94 bits per heavy atom. The van der Waals surface area contributed by atoms with Gasteiger partial charge in [-0.05, 0) is 25.1 Å². The van der Waals surface area contributed by atoms with Crippen molar-refractivity contribution in [2.75, 3.05) is 16.8 Å². The molecule has 16 heavy (non-hydrogen) atoms. The Balaban J connectivity index is 2.54. The first-order valence-electron chi connectivity index (χ1n) is 5.05. The van der Waals surface area contributed by atoms with Gasteiger partial charge in [-0.25, -0.2) is 0 Å². The van der Waals surface area contributed by atoms with Crippen molar-refractivity contribution in [2.45, 2.75) is 13.3 Å². The second kappa shape index (κ2) is 4.25. The van der Waals surface area contributed by atoms with Crippen LogP contribution in [0, 0.1) is 10.8 Å². The van der Waals surface area contributed by atoms with E-state index >= 15 is 0 Å². The molecule has 0 atom stereocenters. The summed E-state index contributed by atoms with van der Waals surface area (Å²) in [6, 6.07) is 5.82. The van der Waals surface area contributed by atoms with Crippen molar-refractivity contribution in [1.82, 2.24) is 0 Å². The number of benzene rings is 1. The minimum Gasteiger partial charge on any atom is -0.383 e. The molecule has 4 nitrogen and oxygen atoms in total. The highest BCUT2D eigenvalue weighted by molar-refractivity contribution is 9.10. The van der Waals surface area contributed by atoms with E-state index in [1.54, 1.807) is 11.8 Å². The number of anilines is 2. The fraction of sp³-hybridized carbons (Fsp3) is 0.273. The predicted molar refractivity (Wildman–Crippen MR) is 70.9 cm³/mol. The van der Waals surface area contributed by atoms with E-state index < -0.39 is 0 Å². The summed E-state index contributed by atoms with van der Waals surface area (Å²) in [6.45, 7) is 2.43. The molecule has 0 spiro atoms. The van der Waals surface area contributed by atoms with E-state index in [0.717, 1.165) is 22.4 Å². The molecule has 2 rings (SSSR count). The van der Waals surface area contributed by atoms with Crippen LogP contribution in [0.3, 0.4) is 0 Å². The van der Waals surface area contributed by atoms with Gasteiger partial charge in [0.05, 0.1) is 11.4 Å². The summed E-state index contributed by atoms with van der Waals surface area (Å²) in [6.07, 6.45) is 0.627. The van der Waals surface area contributed by atoms with Gasteiger partial charge in [-0.2, -0.15) is 0 Å². The van der Waals surface area contributed by atoms with E-state index in [-0.39, 0.29) is 0 Å². The molecule has 84 valence electrons. The predicted octanol–water partition coefficient (Wildman–Crippen LogP) is 3.05. The minimum atomic E-state index is 0.372. The van der Waals surface area contributed by atoms with Crippen molar-refractivity contribution in [3.8, 4) is 0 Å². The van der Waals surface area contributed by atoms with E-state index in [1.165, 1.54) is 0 Å².